The van der Waals surface area contributed by atoms with E-state index in [2.05, 4.69) is 12.2 Å². The summed E-state index contributed by atoms with van der Waals surface area (Å²) in [7, 11) is 0. The van der Waals surface area contributed by atoms with Crippen molar-refractivity contribution in [3.05, 3.63) is 24.3 Å². The van der Waals surface area contributed by atoms with E-state index in [4.69, 9.17) is 14.6 Å². The maximum atomic E-state index is 12.7. The van der Waals surface area contributed by atoms with Crippen LogP contribution in [0.4, 0.5) is 5.69 Å². The third-order valence-corrected chi connectivity index (χ3v) is 3.84. The first-order valence-corrected chi connectivity index (χ1v) is 8.81. The molecule has 0 aliphatic rings. The number of carboxylic acids is 1. The normalized spacial score (nSPS) is 13.1. The third-order valence-electron chi connectivity index (χ3n) is 3.84. The van der Waals surface area contributed by atoms with Gasteiger partial charge in [0.2, 0.25) is 0 Å². The van der Waals surface area contributed by atoms with Gasteiger partial charge in [-0.3, -0.25) is 4.79 Å². The number of carboxylic acid groups (broad SMARTS) is 1. The number of nitrogens with one attached hydrogen (secondary N) is 1. The minimum absolute atomic E-state index is 0.170. The molecule has 0 spiro atoms. The first-order chi connectivity index (χ1) is 11.9. The minimum atomic E-state index is -1.03. The van der Waals surface area contributed by atoms with Crippen molar-refractivity contribution in [3.63, 3.8) is 0 Å². The predicted octanol–water partition coefficient (Wildman–Crippen LogP) is 3.85. The average molecular weight is 351 g/mol. The van der Waals surface area contributed by atoms with Crippen LogP contribution < -0.4 is 10.1 Å². The fraction of sp³-hybridized carbons (Fsp3) is 0.579. The van der Waals surface area contributed by atoms with E-state index in [1.807, 2.05) is 13.8 Å². The number of ether oxygens (including phenoxy) is 2. The van der Waals surface area contributed by atoms with Crippen LogP contribution in [-0.2, 0) is 14.3 Å². The average Bonchev–Trinajstić information content (AvgIpc) is 2.59. The van der Waals surface area contributed by atoms with E-state index in [0.29, 0.717) is 24.5 Å². The van der Waals surface area contributed by atoms with Gasteiger partial charge in [-0.15, -0.1) is 0 Å². The summed E-state index contributed by atoms with van der Waals surface area (Å²) in [5.41, 5.74) is -0.238. The molecule has 6 nitrogen and oxygen atoms in total. The minimum Gasteiger partial charge on any atom is -0.482 e. The number of rotatable bonds is 12. The van der Waals surface area contributed by atoms with Gasteiger partial charge in [-0.1, -0.05) is 33.1 Å². The van der Waals surface area contributed by atoms with Gasteiger partial charge in [0, 0.05) is 12.3 Å². The number of aliphatic carboxylic acids is 1. The molecule has 0 radical (unpaired) electrons. The third kappa shape index (κ3) is 7.56. The van der Waals surface area contributed by atoms with Crippen LogP contribution in [0.5, 0.6) is 5.75 Å². The SMILES string of the molecule is CCCCC[C@@](C)(OCCC)C(=O)Nc1ccc(OCC(=O)O)cc1. The molecule has 0 saturated carbocycles. The smallest absolute Gasteiger partial charge is 0.341 e. The van der Waals surface area contributed by atoms with Crippen LogP contribution in [-0.4, -0.2) is 35.8 Å². The molecule has 0 bridgehead atoms. The molecule has 1 amide bonds. The first kappa shape index (κ1) is 21.0. The summed E-state index contributed by atoms with van der Waals surface area (Å²) in [4.78, 5) is 23.2. The summed E-state index contributed by atoms with van der Waals surface area (Å²) in [5.74, 6) is -0.766. The molecule has 0 aromatic heterocycles. The van der Waals surface area contributed by atoms with E-state index in [9.17, 15) is 9.59 Å². The van der Waals surface area contributed by atoms with Gasteiger partial charge in [-0.05, 0) is 44.0 Å². The molecule has 1 aromatic carbocycles. The van der Waals surface area contributed by atoms with Gasteiger partial charge in [0.15, 0.2) is 6.61 Å². The van der Waals surface area contributed by atoms with Crippen molar-refractivity contribution in [1.29, 1.82) is 0 Å². The van der Waals surface area contributed by atoms with Crippen molar-refractivity contribution >= 4 is 17.6 Å². The standard InChI is InChI=1S/C19H29NO5/c1-4-6-7-12-19(3,25-13-5-2)18(23)20-15-8-10-16(11-9-15)24-14-17(21)22/h8-11H,4-7,12-14H2,1-3H3,(H,20,23)(H,21,22)/t19-/m1/s1. The second-order valence-corrected chi connectivity index (χ2v) is 6.20. The molecular formula is C19H29NO5. The highest BCUT2D eigenvalue weighted by Gasteiger charge is 2.33. The van der Waals surface area contributed by atoms with Crippen molar-refractivity contribution in [2.45, 2.75) is 58.5 Å². The number of carbonyl (C=O) groups excluding carboxylic acids is 1. The van der Waals surface area contributed by atoms with Crippen LogP contribution in [0.2, 0.25) is 0 Å². The highest BCUT2D eigenvalue weighted by atomic mass is 16.5. The molecular weight excluding hydrogens is 322 g/mol. The Morgan fingerprint density at radius 1 is 1.12 bits per heavy atom. The number of hydrogen-bond acceptors (Lipinski definition) is 4. The van der Waals surface area contributed by atoms with E-state index >= 15 is 0 Å². The zero-order valence-electron chi connectivity index (χ0n) is 15.3. The Hall–Kier alpha value is -2.08. The first-order valence-electron chi connectivity index (χ1n) is 8.81. The number of carbonyl (C=O) groups is 2. The van der Waals surface area contributed by atoms with E-state index < -0.39 is 18.2 Å². The van der Waals surface area contributed by atoms with Gasteiger partial charge in [0.1, 0.15) is 11.4 Å². The summed E-state index contributed by atoms with van der Waals surface area (Å²) in [6.07, 6.45) is 4.61. The van der Waals surface area contributed by atoms with Gasteiger partial charge >= 0.3 is 5.97 Å². The summed E-state index contributed by atoms with van der Waals surface area (Å²) in [5, 5.41) is 11.5. The van der Waals surface area contributed by atoms with Crippen LogP contribution in [0, 0.1) is 0 Å². The van der Waals surface area contributed by atoms with Crippen molar-refractivity contribution in [3.8, 4) is 5.75 Å². The fourth-order valence-electron chi connectivity index (χ4n) is 2.33. The highest BCUT2D eigenvalue weighted by molar-refractivity contribution is 5.97. The Morgan fingerprint density at radius 3 is 2.36 bits per heavy atom. The molecule has 25 heavy (non-hydrogen) atoms. The van der Waals surface area contributed by atoms with Crippen molar-refractivity contribution < 1.29 is 24.2 Å². The van der Waals surface area contributed by atoms with E-state index in [1.165, 1.54) is 0 Å². The monoisotopic (exact) mass is 351 g/mol. The van der Waals surface area contributed by atoms with Crippen molar-refractivity contribution in [1.82, 2.24) is 0 Å². The molecule has 0 saturated heterocycles. The van der Waals surface area contributed by atoms with Crippen LogP contribution in [0.1, 0.15) is 52.9 Å². The van der Waals surface area contributed by atoms with Crippen molar-refractivity contribution in [2.24, 2.45) is 0 Å². The number of hydrogen-bond donors (Lipinski definition) is 2. The molecule has 1 atom stereocenters. The van der Waals surface area contributed by atoms with Crippen LogP contribution in [0.15, 0.2) is 24.3 Å². The number of unbranched alkanes of at least 4 members (excludes halogenated alkanes) is 2. The molecule has 140 valence electrons. The predicted molar refractivity (Wildman–Crippen MR) is 97.0 cm³/mol. The maximum Gasteiger partial charge on any atom is 0.341 e. The molecule has 0 unspecified atom stereocenters. The summed E-state index contributed by atoms with van der Waals surface area (Å²) in [6.45, 7) is 6.11. The van der Waals surface area contributed by atoms with Gasteiger partial charge in [0.05, 0.1) is 0 Å². The highest BCUT2D eigenvalue weighted by Crippen LogP contribution is 2.23. The molecule has 0 fully saturated rings. The Bertz CT molecular complexity index is 543. The quantitative estimate of drug-likeness (QED) is 0.559. The Balaban J connectivity index is 2.69. The number of amides is 1. The van der Waals surface area contributed by atoms with Crippen LogP contribution >= 0.6 is 0 Å². The molecule has 2 N–H and O–H groups in total. The van der Waals surface area contributed by atoms with E-state index in [0.717, 1.165) is 25.7 Å². The van der Waals surface area contributed by atoms with E-state index in [-0.39, 0.29) is 5.91 Å². The molecule has 1 rings (SSSR count). The zero-order chi connectivity index (χ0) is 18.7. The molecule has 1 aromatic rings. The Labute approximate surface area is 149 Å². The lowest BCUT2D eigenvalue weighted by molar-refractivity contribution is -0.140. The molecule has 6 heteroatoms. The number of anilines is 1. The lowest BCUT2D eigenvalue weighted by atomic mass is 9.96. The van der Waals surface area contributed by atoms with E-state index in [1.54, 1.807) is 24.3 Å². The topological polar surface area (TPSA) is 84.9 Å². The summed E-state index contributed by atoms with van der Waals surface area (Å²) >= 11 is 0. The zero-order valence-corrected chi connectivity index (χ0v) is 15.3. The molecule has 0 aliphatic heterocycles. The van der Waals surface area contributed by atoms with Crippen LogP contribution in [0.25, 0.3) is 0 Å². The summed E-state index contributed by atoms with van der Waals surface area (Å²) < 4.78 is 10.9. The van der Waals surface area contributed by atoms with Crippen LogP contribution in [0.3, 0.4) is 0 Å². The van der Waals surface area contributed by atoms with Gasteiger partial charge in [-0.25, -0.2) is 4.79 Å². The fourth-order valence-corrected chi connectivity index (χ4v) is 2.33. The molecule has 0 aliphatic carbocycles. The molecule has 0 heterocycles. The Kier molecular flexibility index (Phi) is 8.99. The maximum absolute atomic E-state index is 12.7. The second kappa shape index (κ2) is 10.7. The largest absolute Gasteiger partial charge is 0.482 e. The lowest BCUT2D eigenvalue weighted by Crippen LogP contribution is -2.43. The number of benzene rings is 1. The Morgan fingerprint density at radius 2 is 1.80 bits per heavy atom. The summed E-state index contributed by atoms with van der Waals surface area (Å²) in [6, 6.07) is 6.61. The van der Waals surface area contributed by atoms with Gasteiger partial charge in [-0.2, -0.15) is 0 Å². The van der Waals surface area contributed by atoms with Gasteiger partial charge < -0.3 is 19.9 Å². The van der Waals surface area contributed by atoms with Gasteiger partial charge in [0.25, 0.3) is 5.91 Å². The second-order valence-electron chi connectivity index (χ2n) is 6.20. The lowest BCUT2D eigenvalue weighted by Gasteiger charge is -2.28. The van der Waals surface area contributed by atoms with Crippen molar-refractivity contribution in [2.75, 3.05) is 18.5 Å².